The van der Waals surface area contributed by atoms with Crippen molar-refractivity contribution in [3.8, 4) is 12.0 Å². The zero-order chi connectivity index (χ0) is 26.9. The maximum atomic E-state index is 6.32. The fourth-order valence-electron chi connectivity index (χ4n) is 5.06. The van der Waals surface area contributed by atoms with Gasteiger partial charge in [-0.15, -0.1) is 4.98 Å². The number of anilines is 1. The summed E-state index contributed by atoms with van der Waals surface area (Å²) in [4.78, 5) is 13.1. The Morgan fingerprint density at radius 2 is 0.973 bits per heavy atom. The van der Waals surface area contributed by atoms with Crippen LogP contribution in [0.5, 0.6) is 12.0 Å². The van der Waals surface area contributed by atoms with Gasteiger partial charge in [-0.1, -0.05) is 60.7 Å². The van der Waals surface area contributed by atoms with Crippen molar-refractivity contribution >= 4 is 5.95 Å². The van der Waals surface area contributed by atoms with Crippen molar-refractivity contribution in [2.45, 2.75) is 67.1 Å². The third kappa shape index (κ3) is 6.96. The van der Waals surface area contributed by atoms with Crippen LogP contribution in [0.3, 0.4) is 0 Å². The van der Waals surface area contributed by atoms with Gasteiger partial charge >= 0.3 is 12.0 Å². The van der Waals surface area contributed by atoms with Crippen LogP contribution in [0.4, 0.5) is 5.95 Å². The summed E-state index contributed by atoms with van der Waals surface area (Å²) in [6, 6.07) is 21.4. The zero-order valence-electron chi connectivity index (χ0n) is 23.3. The average Bonchev–Trinajstić information content (AvgIpc) is 2.91. The fraction of sp³-hybridized carbons (Fsp3) is 0.483. The van der Waals surface area contributed by atoms with Crippen molar-refractivity contribution in [1.29, 1.82) is 0 Å². The molecule has 200 valence electrons. The first-order valence-electron chi connectivity index (χ1n) is 13.4. The molecule has 1 aromatic heterocycles. The monoisotopic (exact) mass is 508 g/mol. The van der Waals surface area contributed by atoms with E-state index in [1.54, 1.807) is 0 Å². The van der Waals surface area contributed by atoms with Gasteiger partial charge in [0.1, 0.15) is 13.1 Å². The Labute approximate surface area is 222 Å². The Kier molecular flexibility index (Phi) is 9.83. The predicted octanol–water partition coefficient (Wildman–Crippen LogP) is 5.02. The van der Waals surface area contributed by atoms with E-state index in [0.717, 1.165) is 48.2 Å². The van der Waals surface area contributed by atoms with E-state index in [1.165, 1.54) is 11.1 Å². The first kappa shape index (κ1) is 28.3. The highest BCUT2D eigenvalue weighted by molar-refractivity contribution is 5.20. The lowest BCUT2D eigenvalue weighted by Gasteiger charge is -2.41. The Balaban J connectivity index is 1.79. The second-order valence-electron chi connectivity index (χ2n) is 9.68. The number of nitrogens with zero attached hydrogens (tertiary/aromatic N) is 5. The average molecular weight is 509 g/mol. The van der Waals surface area contributed by atoms with Crippen molar-refractivity contribution in [3.05, 3.63) is 71.8 Å². The number of nitrogen functional groups attached to an aromatic ring is 1. The van der Waals surface area contributed by atoms with Gasteiger partial charge in [-0.25, -0.2) is 0 Å². The summed E-state index contributed by atoms with van der Waals surface area (Å²) in [6.07, 6.45) is -0.386. The minimum Gasteiger partial charge on any atom is -0.410 e. The van der Waals surface area contributed by atoms with E-state index in [-0.39, 0.29) is 30.4 Å². The summed E-state index contributed by atoms with van der Waals surface area (Å²) in [6.45, 7) is 18.2. The quantitative estimate of drug-likeness (QED) is 0.243. The normalized spacial score (nSPS) is 13.7. The van der Waals surface area contributed by atoms with Gasteiger partial charge in [-0.05, 0) is 27.7 Å². The van der Waals surface area contributed by atoms with Gasteiger partial charge in [0.25, 0.3) is 0 Å². The molecule has 8 heteroatoms. The molecular weight excluding hydrogens is 464 g/mol. The van der Waals surface area contributed by atoms with Gasteiger partial charge in [-0.3, -0.25) is 8.97 Å². The number of benzene rings is 2. The topological polar surface area (TPSA) is 83.2 Å². The highest BCUT2D eigenvalue weighted by Gasteiger charge is 2.35. The molecule has 0 unspecified atom stereocenters. The molecule has 0 aliphatic carbocycles. The van der Waals surface area contributed by atoms with Gasteiger partial charge in [0.15, 0.2) is 0 Å². The number of quaternary nitrogens is 2. The third-order valence-corrected chi connectivity index (χ3v) is 7.91. The number of nitrogens with two attached hydrogens (primary N) is 1. The fourth-order valence-corrected chi connectivity index (χ4v) is 5.06. The maximum absolute atomic E-state index is 6.32. The molecule has 2 N–H and O–H groups in total. The van der Waals surface area contributed by atoms with Crippen LogP contribution in [0.15, 0.2) is 60.7 Å². The van der Waals surface area contributed by atoms with E-state index in [9.17, 15) is 0 Å². The molecule has 1 heterocycles. The molecule has 0 bridgehead atoms. The number of hydrogen-bond donors (Lipinski definition) is 1. The first-order valence-corrected chi connectivity index (χ1v) is 13.4. The van der Waals surface area contributed by atoms with Gasteiger partial charge in [-0.2, -0.15) is 9.97 Å². The Hall–Kier alpha value is -3.23. The molecule has 0 spiro atoms. The van der Waals surface area contributed by atoms with Gasteiger partial charge in [0, 0.05) is 25.0 Å². The highest BCUT2D eigenvalue weighted by Crippen LogP contribution is 2.25. The van der Waals surface area contributed by atoms with Gasteiger partial charge in [0.05, 0.1) is 26.2 Å². The summed E-state index contributed by atoms with van der Waals surface area (Å²) in [7, 11) is 0. The van der Waals surface area contributed by atoms with E-state index in [1.807, 2.05) is 12.1 Å². The largest absolute Gasteiger partial charge is 0.410 e. The molecule has 0 radical (unpaired) electrons. The molecule has 0 amide bonds. The van der Waals surface area contributed by atoms with Crippen molar-refractivity contribution in [3.63, 3.8) is 0 Å². The molecular formula is C29H44N6O2+2. The molecule has 2 aromatic carbocycles. The van der Waals surface area contributed by atoms with E-state index < -0.39 is 0 Å². The lowest BCUT2D eigenvalue weighted by atomic mass is 10.1. The second-order valence-corrected chi connectivity index (χ2v) is 9.68. The number of hydrogen-bond acceptors (Lipinski definition) is 6. The van der Waals surface area contributed by atoms with E-state index in [2.05, 4.69) is 105 Å². The van der Waals surface area contributed by atoms with Crippen LogP contribution in [0.25, 0.3) is 0 Å². The summed E-state index contributed by atoms with van der Waals surface area (Å²) in [5.41, 5.74) is 8.60. The number of aromatic nitrogens is 3. The molecule has 3 rings (SSSR count). The summed E-state index contributed by atoms with van der Waals surface area (Å²) in [5, 5.41) is 0. The molecule has 37 heavy (non-hydrogen) atoms. The molecule has 0 fully saturated rings. The maximum Gasteiger partial charge on any atom is 0.328 e. The van der Waals surface area contributed by atoms with Gasteiger partial charge < -0.3 is 15.2 Å². The summed E-state index contributed by atoms with van der Waals surface area (Å²) < 4.78 is 14.1. The van der Waals surface area contributed by atoms with Crippen LogP contribution in [0.1, 0.15) is 52.7 Å². The molecule has 2 atom stereocenters. The van der Waals surface area contributed by atoms with Crippen molar-refractivity contribution in [1.82, 2.24) is 15.0 Å². The Bertz CT molecular complexity index is 1000. The van der Waals surface area contributed by atoms with E-state index in [0.29, 0.717) is 0 Å². The van der Waals surface area contributed by atoms with Crippen molar-refractivity contribution in [2.24, 2.45) is 0 Å². The van der Waals surface area contributed by atoms with Crippen LogP contribution < -0.4 is 15.2 Å². The standard InChI is InChI=1S/C29H44N6O2/c1-7-34(8-2,21-25-17-13-11-14-18-25)23(5)36-28-31-27(30)32-29(33-28)37-24(6)35(9-3,10-4)22-26-19-15-12-16-20-26/h11-20,23-24H,7-10,21-22H2,1-6H3,(H2,30,31,32,33)/q+2/t23-,24-/m0/s1. The molecule has 0 aliphatic rings. The van der Waals surface area contributed by atoms with Crippen LogP contribution in [0.2, 0.25) is 0 Å². The lowest BCUT2D eigenvalue weighted by molar-refractivity contribution is -0.975. The van der Waals surface area contributed by atoms with Crippen LogP contribution in [0, 0.1) is 0 Å². The molecule has 0 saturated carbocycles. The minimum absolute atomic E-state index is 0.0858. The third-order valence-electron chi connectivity index (χ3n) is 7.91. The minimum atomic E-state index is -0.193. The molecule has 0 aliphatic heterocycles. The van der Waals surface area contributed by atoms with Crippen molar-refractivity contribution < 1.29 is 18.4 Å². The first-order chi connectivity index (χ1) is 17.8. The molecule has 3 aromatic rings. The second kappa shape index (κ2) is 12.8. The van der Waals surface area contributed by atoms with E-state index >= 15 is 0 Å². The SMILES string of the molecule is CC[N+](CC)(Cc1ccccc1)[C@H](C)Oc1nc(N)nc(O[C@@H](C)[N+](CC)(CC)Cc2ccccc2)n1. The van der Waals surface area contributed by atoms with Crippen LogP contribution in [-0.4, -0.2) is 62.6 Å². The smallest absolute Gasteiger partial charge is 0.328 e. The van der Waals surface area contributed by atoms with E-state index in [4.69, 9.17) is 15.2 Å². The van der Waals surface area contributed by atoms with Crippen LogP contribution in [-0.2, 0) is 13.1 Å². The summed E-state index contributed by atoms with van der Waals surface area (Å²) in [5.74, 6) is 0.0858. The Morgan fingerprint density at radius 1 is 0.622 bits per heavy atom. The summed E-state index contributed by atoms with van der Waals surface area (Å²) >= 11 is 0. The van der Waals surface area contributed by atoms with Crippen LogP contribution >= 0.6 is 0 Å². The predicted molar refractivity (Wildman–Crippen MR) is 147 cm³/mol. The lowest BCUT2D eigenvalue weighted by Crippen LogP contribution is -2.56. The molecule has 8 nitrogen and oxygen atoms in total. The highest BCUT2D eigenvalue weighted by atomic mass is 16.5. The van der Waals surface area contributed by atoms with Gasteiger partial charge in [0.2, 0.25) is 18.4 Å². The molecule has 0 saturated heterocycles. The Morgan fingerprint density at radius 3 is 1.30 bits per heavy atom. The zero-order valence-corrected chi connectivity index (χ0v) is 23.3. The number of rotatable bonds is 14. The number of ether oxygens (including phenoxy) is 2. The van der Waals surface area contributed by atoms with Crippen molar-refractivity contribution in [2.75, 3.05) is 31.9 Å².